The first kappa shape index (κ1) is 21.7. The molecule has 0 radical (unpaired) electrons. The third-order valence-corrected chi connectivity index (χ3v) is 7.44. The highest BCUT2D eigenvalue weighted by Gasteiger charge is 2.30. The highest BCUT2D eigenvalue weighted by Crippen LogP contribution is 2.45. The highest BCUT2D eigenvalue weighted by atomic mass is 35.5. The zero-order valence-corrected chi connectivity index (χ0v) is 19.8. The molecule has 0 aliphatic heterocycles. The number of fused-ring (bicyclic) bond motifs is 1. The fraction of sp³-hybridized carbons (Fsp3) is 0.231. The largest absolute Gasteiger partial charge is 0.459 e. The van der Waals surface area contributed by atoms with Crippen LogP contribution in [0.25, 0.3) is 0 Å². The Morgan fingerprint density at radius 2 is 1.94 bits per heavy atom. The number of nitrogens with one attached hydrogen (secondary N) is 2. The fourth-order valence-electron chi connectivity index (χ4n) is 4.35. The number of aromatic nitrogens is 1. The van der Waals surface area contributed by atoms with E-state index < -0.39 is 0 Å². The summed E-state index contributed by atoms with van der Waals surface area (Å²) in [5.74, 6) is 0.792. The van der Waals surface area contributed by atoms with Crippen molar-refractivity contribution in [2.75, 3.05) is 10.6 Å². The van der Waals surface area contributed by atoms with E-state index in [0.29, 0.717) is 5.02 Å². The average Bonchev–Trinajstić information content (AvgIpc) is 3.46. The molecule has 1 aliphatic rings. The van der Waals surface area contributed by atoms with Gasteiger partial charge in [0.05, 0.1) is 12.3 Å². The molecule has 1 aromatic carbocycles. The molecule has 0 unspecified atom stereocenters. The van der Waals surface area contributed by atoms with E-state index in [0.717, 1.165) is 53.3 Å². The summed E-state index contributed by atoms with van der Waals surface area (Å²) in [6.07, 6.45) is 5.78. The molecule has 7 heteroatoms. The van der Waals surface area contributed by atoms with Crippen molar-refractivity contribution in [1.29, 1.82) is 0 Å². The molecule has 0 bridgehead atoms. The second-order valence-electron chi connectivity index (χ2n) is 8.15. The highest BCUT2D eigenvalue weighted by molar-refractivity contribution is 7.16. The van der Waals surface area contributed by atoms with Gasteiger partial charge in [-0.25, -0.2) is 4.98 Å². The predicted molar refractivity (Wildman–Crippen MR) is 134 cm³/mol. The molecule has 2 N–H and O–H groups in total. The monoisotopic (exact) mass is 477 g/mol. The van der Waals surface area contributed by atoms with Crippen LogP contribution in [-0.2, 0) is 12.8 Å². The maximum absolute atomic E-state index is 12.9. The van der Waals surface area contributed by atoms with Gasteiger partial charge in [-0.15, -0.1) is 11.3 Å². The fourth-order valence-corrected chi connectivity index (χ4v) is 5.91. The number of nitrogens with zero attached hydrogens (tertiary/aromatic N) is 1. The molecule has 5 nitrogen and oxygen atoms in total. The smallest absolute Gasteiger partial charge is 0.291 e. The van der Waals surface area contributed by atoms with Crippen molar-refractivity contribution in [2.24, 2.45) is 0 Å². The van der Waals surface area contributed by atoms with Gasteiger partial charge in [0.2, 0.25) is 0 Å². The third-order valence-electron chi connectivity index (χ3n) is 5.87. The number of aryl methyl sites for hydroxylation is 2. The van der Waals surface area contributed by atoms with Crippen molar-refractivity contribution in [3.63, 3.8) is 0 Å². The van der Waals surface area contributed by atoms with Gasteiger partial charge in [-0.2, -0.15) is 0 Å². The summed E-state index contributed by atoms with van der Waals surface area (Å²) in [7, 11) is 0. The summed E-state index contributed by atoms with van der Waals surface area (Å²) in [5.41, 5.74) is 4.23. The van der Waals surface area contributed by atoms with Crippen LogP contribution < -0.4 is 10.6 Å². The lowest BCUT2D eigenvalue weighted by atomic mass is 9.89. The number of benzene rings is 1. The number of carbonyl (C=O) groups excluding carboxylic acids is 1. The van der Waals surface area contributed by atoms with Gasteiger partial charge in [0.25, 0.3) is 5.91 Å². The SMILES string of the molecule is Cc1cccc(N[C@H](c2ccccc2Cl)c2c(NC(=O)c3ccco3)sc3c2CCCC3)n1. The number of anilines is 2. The van der Waals surface area contributed by atoms with E-state index in [9.17, 15) is 4.79 Å². The van der Waals surface area contributed by atoms with Crippen LogP contribution in [0.2, 0.25) is 5.02 Å². The quantitative estimate of drug-likeness (QED) is 0.313. The topological polar surface area (TPSA) is 67.2 Å². The molecule has 3 aromatic heterocycles. The van der Waals surface area contributed by atoms with Crippen LogP contribution in [0.3, 0.4) is 0 Å². The molecule has 1 atom stereocenters. The number of rotatable bonds is 6. The molecule has 0 fully saturated rings. The maximum Gasteiger partial charge on any atom is 0.291 e. The summed E-state index contributed by atoms with van der Waals surface area (Å²) < 4.78 is 5.33. The first-order valence-electron chi connectivity index (χ1n) is 11.0. The van der Waals surface area contributed by atoms with E-state index in [2.05, 4.69) is 15.6 Å². The van der Waals surface area contributed by atoms with Crippen LogP contribution in [0.1, 0.15) is 56.7 Å². The van der Waals surface area contributed by atoms with Crippen LogP contribution in [0.15, 0.2) is 65.3 Å². The van der Waals surface area contributed by atoms with Crippen molar-refractivity contribution in [3.05, 3.63) is 98.9 Å². The Kier molecular flexibility index (Phi) is 6.20. The summed E-state index contributed by atoms with van der Waals surface area (Å²) in [6.45, 7) is 1.97. The van der Waals surface area contributed by atoms with Crippen LogP contribution in [0.4, 0.5) is 10.8 Å². The normalized spacial score (nSPS) is 13.9. The van der Waals surface area contributed by atoms with E-state index in [1.807, 2.05) is 49.4 Å². The Morgan fingerprint density at radius 3 is 2.73 bits per heavy atom. The second kappa shape index (κ2) is 9.41. The number of hydrogen-bond acceptors (Lipinski definition) is 5. The molecule has 1 amide bonds. The van der Waals surface area contributed by atoms with Crippen molar-refractivity contribution >= 4 is 39.7 Å². The van der Waals surface area contributed by atoms with Gasteiger partial charge in [-0.1, -0.05) is 35.9 Å². The molecular formula is C26H24ClN3O2S. The first-order valence-corrected chi connectivity index (χ1v) is 12.2. The lowest BCUT2D eigenvalue weighted by Gasteiger charge is -2.25. The number of pyridine rings is 1. The van der Waals surface area contributed by atoms with Crippen LogP contribution in [0, 0.1) is 6.92 Å². The van der Waals surface area contributed by atoms with E-state index in [1.54, 1.807) is 23.5 Å². The van der Waals surface area contributed by atoms with Crippen molar-refractivity contribution in [3.8, 4) is 0 Å². The molecule has 5 rings (SSSR count). The van der Waals surface area contributed by atoms with Crippen molar-refractivity contribution in [1.82, 2.24) is 4.98 Å². The molecule has 168 valence electrons. The van der Waals surface area contributed by atoms with Crippen molar-refractivity contribution < 1.29 is 9.21 Å². The molecular weight excluding hydrogens is 454 g/mol. The molecule has 4 aromatic rings. The standard InChI is InChI=1S/C26H24ClN3O2S/c1-16-8-6-14-22(28-16)29-24(17-9-2-4-11-19(17)27)23-18-10-3-5-13-21(18)33-26(23)30-25(31)20-12-7-15-32-20/h2,4,6-9,11-12,14-15,24H,3,5,10,13H2,1H3,(H,28,29)(H,30,31)/t24-/m1/s1. The molecule has 0 spiro atoms. The van der Waals surface area contributed by atoms with Gasteiger partial charge in [-0.3, -0.25) is 4.79 Å². The van der Waals surface area contributed by atoms with Crippen LogP contribution >= 0.6 is 22.9 Å². The Labute approximate surface area is 201 Å². The maximum atomic E-state index is 12.9. The van der Waals surface area contributed by atoms with E-state index in [4.69, 9.17) is 16.0 Å². The first-order chi connectivity index (χ1) is 16.1. The van der Waals surface area contributed by atoms with Crippen molar-refractivity contribution in [2.45, 2.75) is 38.6 Å². The van der Waals surface area contributed by atoms with Gasteiger partial charge >= 0.3 is 0 Å². The number of thiophene rings is 1. The van der Waals surface area contributed by atoms with E-state index >= 15 is 0 Å². The Morgan fingerprint density at radius 1 is 1.09 bits per heavy atom. The summed E-state index contributed by atoms with van der Waals surface area (Å²) in [6, 6.07) is 16.9. The predicted octanol–water partition coefficient (Wildman–Crippen LogP) is 7.03. The number of halogens is 1. The van der Waals surface area contributed by atoms with Gasteiger partial charge in [0.15, 0.2) is 5.76 Å². The Bertz CT molecular complexity index is 1280. The Hall–Kier alpha value is -3.09. The Balaban J connectivity index is 1.63. The summed E-state index contributed by atoms with van der Waals surface area (Å²) in [4.78, 5) is 18.9. The zero-order valence-electron chi connectivity index (χ0n) is 18.2. The van der Waals surface area contributed by atoms with Crippen LogP contribution in [-0.4, -0.2) is 10.9 Å². The van der Waals surface area contributed by atoms with Gasteiger partial charge in [0, 0.05) is 21.2 Å². The van der Waals surface area contributed by atoms with E-state index in [1.165, 1.54) is 16.7 Å². The second-order valence-corrected chi connectivity index (χ2v) is 9.66. The lowest BCUT2D eigenvalue weighted by Crippen LogP contribution is -2.19. The lowest BCUT2D eigenvalue weighted by molar-refractivity contribution is 0.0997. The van der Waals surface area contributed by atoms with Gasteiger partial charge in [0.1, 0.15) is 10.8 Å². The zero-order chi connectivity index (χ0) is 22.8. The minimum Gasteiger partial charge on any atom is -0.459 e. The van der Waals surface area contributed by atoms with E-state index in [-0.39, 0.29) is 17.7 Å². The van der Waals surface area contributed by atoms with Crippen LogP contribution in [0.5, 0.6) is 0 Å². The number of carbonyl (C=O) groups is 1. The summed E-state index contributed by atoms with van der Waals surface area (Å²) in [5, 5.41) is 8.23. The van der Waals surface area contributed by atoms with Gasteiger partial charge < -0.3 is 15.1 Å². The number of hydrogen-bond donors (Lipinski definition) is 2. The summed E-state index contributed by atoms with van der Waals surface area (Å²) >= 11 is 8.35. The third kappa shape index (κ3) is 4.54. The molecule has 0 saturated carbocycles. The number of amides is 1. The molecule has 3 heterocycles. The average molecular weight is 478 g/mol. The minimum absolute atomic E-state index is 0.258. The minimum atomic E-state index is -0.266. The van der Waals surface area contributed by atoms with Gasteiger partial charge in [-0.05, 0) is 74.1 Å². The number of furan rings is 1. The molecule has 33 heavy (non-hydrogen) atoms. The molecule has 0 saturated heterocycles. The molecule has 1 aliphatic carbocycles.